The number of fused-ring (bicyclic) bond motifs is 1. The van der Waals surface area contributed by atoms with Crippen LogP contribution in [0.1, 0.15) is 11.1 Å². The number of halogens is 2. The van der Waals surface area contributed by atoms with Crippen molar-refractivity contribution < 1.29 is 14.0 Å². The van der Waals surface area contributed by atoms with Gasteiger partial charge in [-0.15, -0.1) is 0 Å². The Bertz CT molecular complexity index is 1150. The number of rotatable bonds is 4. The van der Waals surface area contributed by atoms with Gasteiger partial charge < -0.3 is 10.2 Å². The summed E-state index contributed by atoms with van der Waals surface area (Å²) in [6.45, 7) is -0.332. The van der Waals surface area contributed by atoms with Crippen molar-refractivity contribution in [3.63, 3.8) is 0 Å². The molecular weight excluding hydrogens is 449 g/mol. The highest BCUT2D eigenvalue weighted by atomic mass is 79.9. The van der Waals surface area contributed by atoms with Gasteiger partial charge in [-0.1, -0.05) is 64.5 Å². The fraction of sp³-hybridized carbons (Fsp3) is 0.0870. The van der Waals surface area contributed by atoms with Crippen LogP contribution in [-0.2, 0) is 9.59 Å². The molecule has 1 aliphatic rings. The molecular formula is C23H17BrFN3O2. The van der Waals surface area contributed by atoms with Crippen molar-refractivity contribution in [3.8, 4) is 0 Å². The minimum Gasteiger partial charge on any atom is -0.322 e. The van der Waals surface area contributed by atoms with Gasteiger partial charge in [-0.3, -0.25) is 14.6 Å². The van der Waals surface area contributed by atoms with Crippen molar-refractivity contribution in [2.75, 3.05) is 23.3 Å². The number of carbonyl (C=O) groups excluding carboxylic acids is 2. The third-order valence-electron chi connectivity index (χ3n) is 4.68. The molecule has 1 N–H and O–H groups in total. The van der Waals surface area contributed by atoms with E-state index in [9.17, 15) is 14.0 Å². The Kier molecular flexibility index (Phi) is 5.72. The number of amides is 2. The zero-order chi connectivity index (χ0) is 21.1. The first-order valence-electron chi connectivity index (χ1n) is 9.27. The van der Waals surface area contributed by atoms with E-state index in [0.29, 0.717) is 15.9 Å². The summed E-state index contributed by atoms with van der Waals surface area (Å²) in [5.41, 5.74) is 2.99. The normalized spacial score (nSPS) is 13.3. The van der Waals surface area contributed by atoms with Crippen molar-refractivity contribution in [1.82, 2.24) is 0 Å². The first kappa shape index (κ1) is 20.0. The zero-order valence-corrected chi connectivity index (χ0v) is 17.4. The molecule has 3 aromatic carbocycles. The van der Waals surface area contributed by atoms with Crippen LogP contribution in [0, 0.1) is 5.82 Å². The Balaban J connectivity index is 1.63. The molecule has 3 aromatic rings. The molecule has 0 radical (unpaired) electrons. The molecule has 1 heterocycles. The lowest BCUT2D eigenvalue weighted by Gasteiger charge is -2.22. The summed E-state index contributed by atoms with van der Waals surface area (Å²) in [6, 6.07) is 21.3. The number of aliphatic imine (C=N–C) groups is 1. The molecule has 0 bridgehead atoms. The van der Waals surface area contributed by atoms with Crippen LogP contribution < -0.4 is 10.2 Å². The molecule has 0 saturated carbocycles. The molecule has 0 atom stereocenters. The number of carbonyl (C=O) groups is 2. The third kappa shape index (κ3) is 4.16. The lowest BCUT2D eigenvalue weighted by molar-refractivity contribution is -0.120. The summed E-state index contributed by atoms with van der Waals surface area (Å²) < 4.78 is 14.6. The van der Waals surface area contributed by atoms with Crippen LogP contribution in [0.2, 0.25) is 0 Å². The van der Waals surface area contributed by atoms with Gasteiger partial charge in [0.2, 0.25) is 11.8 Å². The van der Waals surface area contributed by atoms with Crippen molar-refractivity contribution in [2.24, 2.45) is 4.99 Å². The molecule has 5 nitrogen and oxygen atoms in total. The number of anilines is 2. The summed E-state index contributed by atoms with van der Waals surface area (Å²) in [7, 11) is 0. The predicted molar refractivity (Wildman–Crippen MR) is 118 cm³/mol. The molecule has 0 spiro atoms. The van der Waals surface area contributed by atoms with Gasteiger partial charge in [0.15, 0.2) is 0 Å². The van der Waals surface area contributed by atoms with Crippen LogP contribution in [0.4, 0.5) is 15.8 Å². The van der Waals surface area contributed by atoms with Crippen LogP contribution in [0.15, 0.2) is 82.3 Å². The maximum Gasteiger partial charge on any atom is 0.249 e. The summed E-state index contributed by atoms with van der Waals surface area (Å²) in [5, 5.41) is 2.53. The fourth-order valence-corrected chi connectivity index (χ4v) is 3.63. The number of para-hydroxylation sites is 1. The number of benzene rings is 3. The van der Waals surface area contributed by atoms with Gasteiger partial charge in [0, 0.05) is 15.6 Å². The number of nitrogens with one attached hydrogen (secondary N) is 1. The highest BCUT2D eigenvalue weighted by Gasteiger charge is 2.26. The lowest BCUT2D eigenvalue weighted by Crippen LogP contribution is -2.39. The Morgan fingerprint density at radius 3 is 2.57 bits per heavy atom. The smallest absolute Gasteiger partial charge is 0.249 e. The molecule has 30 heavy (non-hydrogen) atoms. The summed E-state index contributed by atoms with van der Waals surface area (Å²) in [6.07, 6.45) is 0. The molecule has 4 rings (SSSR count). The van der Waals surface area contributed by atoms with Gasteiger partial charge in [0.05, 0.1) is 17.1 Å². The molecule has 2 amide bonds. The van der Waals surface area contributed by atoms with Crippen molar-refractivity contribution >= 4 is 44.8 Å². The number of benzodiazepines with no additional fused rings is 1. The minimum atomic E-state index is -0.560. The van der Waals surface area contributed by atoms with Crippen LogP contribution in [0.3, 0.4) is 0 Å². The molecule has 150 valence electrons. The Hall–Kier alpha value is -3.32. The Labute approximate surface area is 181 Å². The standard InChI is InChI=1S/C23H17BrFN3O2/c24-16-10-11-19(18(25)12-16)27-21(29)14-28-20-9-5-4-8-17(20)23(26-13-22(28)30)15-6-2-1-3-7-15/h1-12H,13-14H2,(H,27,29). The van der Waals surface area contributed by atoms with Gasteiger partial charge in [-0.2, -0.15) is 0 Å². The van der Waals surface area contributed by atoms with E-state index in [4.69, 9.17) is 0 Å². The second-order valence-electron chi connectivity index (χ2n) is 6.70. The maximum atomic E-state index is 14.1. The van der Waals surface area contributed by atoms with Crippen molar-refractivity contribution in [3.05, 3.63) is 94.2 Å². The van der Waals surface area contributed by atoms with Gasteiger partial charge in [0.1, 0.15) is 18.9 Å². The van der Waals surface area contributed by atoms with Crippen LogP contribution in [-0.4, -0.2) is 30.6 Å². The molecule has 0 unspecified atom stereocenters. The van der Waals surface area contributed by atoms with Crippen molar-refractivity contribution in [2.45, 2.75) is 0 Å². The molecule has 0 aliphatic carbocycles. The molecule has 0 fully saturated rings. The summed E-state index contributed by atoms with van der Waals surface area (Å²) in [5.74, 6) is -1.36. The van der Waals surface area contributed by atoms with Gasteiger partial charge in [0.25, 0.3) is 0 Å². The van der Waals surface area contributed by atoms with E-state index in [2.05, 4.69) is 26.2 Å². The van der Waals surface area contributed by atoms with Gasteiger partial charge in [-0.25, -0.2) is 4.39 Å². The average molecular weight is 466 g/mol. The second-order valence-corrected chi connectivity index (χ2v) is 7.62. The van der Waals surface area contributed by atoms with E-state index in [0.717, 1.165) is 11.1 Å². The fourth-order valence-electron chi connectivity index (χ4n) is 3.30. The highest BCUT2D eigenvalue weighted by molar-refractivity contribution is 9.10. The zero-order valence-electron chi connectivity index (χ0n) is 15.8. The first-order valence-corrected chi connectivity index (χ1v) is 10.1. The Morgan fingerprint density at radius 1 is 1.07 bits per heavy atom. The Morgan fingerprint density at radius 2 is 1.80 bits per heavy atom. The molecule has 7 heteroatoms. The monoisotopic (exact) mass is 465 g/mol. The third-order valence-corrected chi connectivity index (χ3v) is 5.17. The summed E-state index contributed by atoms with van der Waals surface area (Å²) >= 11 is 3.18. The summed E-state index contributed by atoms with van der Waals surface area (Å²) in [4.78, 5) is 31.3. The van der Waals surface area contributed by atoms with E-state index >= 15 is 0 Å². The lowest BCUT2D eigenvalue weighted by atomic mass is 10.0. The first-order chi connectivity index (χ1) is 14.5. The van der Waals surface area contributed by atoms with Crippen molar-refractivity contribution in [1.29, 1.82) is 0 Å². The molecule has 0 saturated heterocycles. The molecule has 0 aromatic heterocycles. The SMILES string of the molecule is O=C(CN1C(=O)CN=C(c2ccccc2)c2ccccc21)Nc1ccc(Br)cc1F. The second kappa shape index (κ2) is 8.59. The van der Waals surface area contributed by atoms with Crippen LogP contribution >= 0.6 is 15.9 Å². The van der Waals surface area contributed by atoms with E-state index in [1.54, 1.807) is 18.2 Å². The highest BCUT2D eigenvalue weighted by Crippen LogP contribution is 2.27. The largest absolute Gasteiger partial charge is 0.322 e. The quantitative estimate of drug-likeness (QED) is 0.620. The minimum absolute atomic E-state index is 0.0555. The predicted octanol–water partition coefficient (Wildman–Crippen LogP) is 4.41. The van der Waals surface area contributed by atoms with E-state index in [1.165, 1.54) is 17.0 Å². The van der Waals surface area contributed by atoms with Gasteiger partial charge in [-0.05, 0) is 24.3 Å². The maximum absolute atomic E-state index is 14.1. The van der Waals surface area contributed by atoms with E-state index < -0.39 is 11.7 Å². The number of hydrogen-bond acceptors (Lipinski definition) is 3. The number of nitrogens with zero attached hydrogens (tertiary/aromatic N) is 2. The van der Waals surface area contributed by atoms with Crippen LogP contribution in [0.5, 0.6) is 0 Å². The van der Waals surface area contributed by atoms with E-state index in [-0.39, 0.29) is 24.7 Å². The average Bonchev–Trinajstić information content (AvgIpc) is 2.88. The molecule has 1 aliphatic heterocycles. The van der Waals surface area contributed by atoms with Gasteiger partial charge >= 0.3 is 0 Å². The number of hydrogen-bond donors (Lipinski definition) is 1. The van der Waals surface area contributed by atoms with E-state index in [1.807, 2.05) is 42.5 Å². The van der Waals surface area contributed by atoms with Crippen LogP contribution in [0.25, 0.3) is 0 Å². The topological polar surface area (TPSA) is 61.8 Å².